The highest BCUT2D eigenvalue weighted by Gasteiger charge is 1.93. The second-order valence-electron chi connectivity index (χ2n) is 2.96. The monoisotopic (exact) mass is 208 g/mol. The maximum absolute atomic E-state index is 4.19. The van der Waals surface area contributed by atoms with Crippen LogP contribution in [0.15, 0.2) is 29.6 Å². The number of nitrogens with one attached hydrogen (secondary N) is 1. The van der Waals surface area contributed by atoms with Gasteiger partial charge in [-0.15, -0.1) is 11.3 Å². The van der Waals surface area contributed by atoms with Gasteiger partial charge in [0, 0.05) is 37.4 Å². The molecule has 0 fully saturated rings. The summed E-state index contributed by atoms with van der Waals surface area (Å²) in [6.07, 6.45) is 5.58. The number of hydrogen-bond acceptors (Lipinski definition) is 4. The van der Waals surface area contributed by atoms with Crippen LogP contribution in [0, 0.1) is 0 Å². The topological polar surface area (TPSA) is 42.7 Å². The van der Waals surface area contributed by atoms with E-state index in [4.69, 9.17) is 0 Å². The van der Waals surface area contributed by atoms with Gasteiger partial charge in [0.15, 0.2) is 0 Å². The van der Waals surface area contributed by atoms with E-state index in [-0.39, 0.29) is 0 Å². The molecule has 0 aromatic carbocycles. The largest absolute Gasteiger partial charge is 0.336 e. The fraction of sp³-hybridized carbons (Fsp3) is 0.333. The van der Waals surface area contributed by atoms with Gasteiger partial charge in [0.25, 0.3) is 0 Å². The van der Waals surface area contributed by atoms with Crippen molar-refractivity contribution in [1.82, 2.24) is 19.9 Å². The van der Waals surface area contributed by atoms with Crippen LogP contribution in [0.4, 0.5) is 0 Å². The van der Waals surface area contributed by atoms with Gasteiger partial charge in [-0.05, 0) is 0 Å². The SMILES string of the molecule is c1cn(CCNCc2cscn2)cn1. The van der Waals surface area contributed by atoms with E-state index in [2.05, 4.69) is 20.7 Å². The highest BCUT2D eigenvalue weighted by Crippen LogP contribution is 1.99. The Morgan fingerprint density at radius 1 is 1.50 bits per heavy atom. The third-order valence-electron chi connectivity index (χ3n) is 1.90. The van der Waals surface area contributed by atoms with Crippen molar-refractivity contribution in [2.45, 2.75) is 13.1 Å². The molecule has 0 saturated heterocycles. The maximum Gasteiger partial charge on any atom is 0.0946 e. The molecular formula is C9H12N4S. The summed E-state index contributed by atoms with van der Waals surface area (Å²) in [7, 11) is 0. The van der Waals surface area contributed by atoms with E-state index in [9.17, 15) is 0 Å². The fourth-order valence-electron chi connectivity index (χ4n) is 1.17. The van der Waals surface area contributed by atoms with Crippen molar-refractivity contribution in [3.05, 3.63) is 35.3 Å². The van der Waals surface area contributed by atoms with Gasteiger partial charge < -0.3 is 9.88 Å². The molecule has 0 atom stereocenters. The van der Waals surface area contributed by atoms with Gasteiger partial charge in [0.05, 0.1) is 17.5 Å². The molecule has 2 heterocycles. The minimum atomic E-state index is 0.845. The molecule has 2 aromatic heterocycles. The summed E-state index contributed by atoms with van der Waals surface area (Å²) in [5.74, 6) is 0. The number of rotatable bonds is 5. The lowest BCUT2D eigenvalue weighted by atomic mass is 10.5. The predicted molar refractivity (Wildman–Crippen MR) is 56.0 cm³/mol. The van der Waals surface area contributed by atoms with E-state index in [1.54, 1.807) is 17.5 Å². The van der Waals surface area contributed by atoms with Crippen molar-refractivity contribution in [3.8, 4) is 0 Å². The van der Waals surface area contributed by atoms with Crippen LogP contribution in [0.2, 0.25) is 0 Å². The van der Waals surface area contributed by atoms with E-state index in [0.29, 0.717) is 0 Å². The zero-order valence-electron chi connectivity index (χ0n) is 7.76. The van der Waals surface area contributed by atoms with Crippen LogP contribution in [0.5, 0.6) is 0 Å². The van der Waals surface area contributed by atoms with Crippen LogP contribution < -0.4 is 5.32 Å². The molecule has 0 spiro atoms. The second-order valence-corrected chi connectivity index (χ2v) is 3.68. The summed E-state index contributed by atoms with van der Waals surface area (Å²) in [6, 6.07) is 0. The summed E-state index contributed by atoms with van der Waals surface area (Å²) >= 11 is 1.63. The van der Waals surface area contributed by atoms with Gasteiger partial charge in [-0.3, -0.25) is 0 Å². The Balaban J connectivity index is 1.65. The van der Waals surface area contributed by atoms with Gasteiger partial charge in [-0.1, -0.05) is 0 Å². The Morgan fingerprint density at radius 2 is 2.50 bits per heavy atom. The summed E-state index contributed by atoms with van der Waals surface area (Å²) in [4.78, 5) is 8.16. The van der Waals surface area contributed by atoms with Crippen molar-refractivity contribution in [2.75, 3.05) is 6.54 Å². The molecular weight excluding hydrogens is 196 g/mol. The Labute approximate surface area is 86.6 Å². The molecule has 0 unspecified atom stereocenters. The normalized spacial score (nSPS) is 10.6. The maximum atomic E-state index is 4.19. The second kappa shape index (κ2) is 4.88. The van der Waals surface area contributed by atoms with Crippen LogP contribution in [-0.4, -0.2) is 21.1 Å². The fourth-order valence-corrected chi connectivity index (χ4v) is 1.73. The van der Waals surface area contributed by atoms with Crippen LogP contribution in [0.25, 0.3) is 0 Å². The first-order valence-electron chi connectivity index (χ1n) is 4.48. The third kappa shape index (κ3) is 2.65. The van der Waals surface area contributed by atoms with Crippen LogP contribution in [0.1, 0.15) is 5.69 Å². The third-order valence-corrected chi connectivity index (χ3v) is 2.53. The molecule has 5 heteroatoms. The molecule has 4 nitrogen and oxygen atoms in total. The molecule has 0 saturated carbocycles. The van der Waals surface area contributed by atoms with Crippen molar-refractivity contribution >= 4 is 11.3 Å². The Bertz CT molecular complexity index is 305. The highest BCUT2D eigenvalue weighted by atomic mass is 32.1. The Morgan fingerprint density at radius 3 is 3.21 bits per heavy atom. The molecule has 0 amide bonds. The van der Waals surface area contributed by atoms with Crippen LogP contribution in [0.3, 0.4) is 0 Å². The summed E-state index contributed by atoms with van der Waals surface area (Å²) in [5, 5.41) is 5.38. The lowest BCUT2D eigenvalue weighted by Gasteiger charge is -2.02. The number of imidazole rings is 1. The summed E-state index contributed by atoms with van der Waals surface area (Å²) in [5.41, 5.74) is 2.97. The van der Waals surface area contributed by atoms with Gasteiger partial charge in [-0.2, -0.15) is 0 Å². The number of nitrogens with zero attached hydrogens (tertiary/aromatic N) is 3. The standard InChI is InChI=1S/C9H12N4S/c1(3-13-4-2-11-7-13)10-5-9-6-14-8-12-9/h2,4,6-8,10H,1,3,5H2. The minimum Gasteiger partial charge on any atom is -0.336 e. The molecule has 0 bridgehead atoms. The number of hydrogen-bond donors (Lipinski definition) is 1. The van der Waals surface area contributed by atoms with Gasteiger partial charge in [-0.25, -0.2) is 9.97 Å². The van der Waals surface area contributed by atoms with Crippen LogP contribution >= 0.6 is 11.3 Å². The molecule has 2 aromatic rings. The lowest BCUT2D eigenvalue weighted by Crippen LogP contribution is -2.19. The van der Waals surface area contributed by atoms with Gasteiger partial charge >= 0.3 is 0 Å². The van der Waals surface area contributed by atoms with Crippen molar-refractivity contribution in [3.63, 3.8) is 0 Å². The molecule has 2 rings (SSSR count). The summed E-state index contributed by atoms with van der Waals surface area (Å²) < 4.78 is 2.05. The molecule has 1 N–H and O–H groups in total. The van der Waals surface area contributed by atoms with E-state index in [0.717, 1.165) is 25.3 Å². The van der Waals surface area contributed by atoms with Crippen molar-refractivity contribution in [1.29, 1.82) is 0 Å². The lowest BCUT2D eigenvalue weighted by molar-refractivity contribution is 0.593. The molecule has 0 aliphatic carbocycles. The first kappa shape index (κ1) is 9.36. The quantitative estimate of drug-likeness (QED) is 0.749. The van der Waals surface area contributed by atoms with E-state index >= 15 is 0 Å². The van der Waals surface area contributed by atoms with E-state index in [1.807, 2.05) is 22.6 Å². The predicted octanol–water partition coefficient (Wildman–Crippen LogP) is 1.13. The minimum absolute atomic E-state index is 0.845. The zero-order chi connectivity index (χ0) is 9.64. The molecule has 14 heavy (non-hydrogen) atoms. The molecule has 0 radical (unpaired) electrons. The van der Waals surface area contributed by atoms with Gasteiger partial charge in [0.1, 0.15) is 0 Å². The number of aromatic nitrogens is 3. The average Bonchev–Trinajstić information content (AvgIpc) is 2.86. The zero-order valence-corrected chi connectivity index (χ0v) is 8.57. The average molecular weight is 208 g/mol. The smallest absolute Gasteiger partial charge is 0.0946 e. The van der Waals surface area contributed by atoms with Crippen LogP contribution in [-0.2, 0) is 13.1 Å². The number of thiazole rings is 1. The van der Waals surface area contributed by atoms with Crippen molar-refractivity contribution in [2.24, 2.45) is 0 Å². The van der Waals surface area contributed by atoms with Gasteiger partial charge in [0.2, 0.25) is 0 Å². The first-order chi connectivity index (χ1) is 6.95. The molecule has 0 aliphatic rings. The van der Waals surface area contributed by atoms with Crippen molar-refractivity contribution < 1.29 is 0 Å². The highest BCUT2D eigenvalue weighted by molar-refractivity contribution is 7.07. The first-order valence-corrected chi connectivity index (χ1v) is 5.43. The molecule has 0 aliphatic heterocycles. The Kier molecular flexibility index (Phi) is 3.26. The Hall–Kier alpha value is -1.20. The van der Waals surface area contributed by atoms with E-state index < -0.39 is 0 Å². The van der Waals surface area contributed by atoms with E-state index in [1.165, 1.54) is 0 Å². The molecule has 74 valence electrons. The summed E-state index contributed by atoms with van der Waals surface area (Å²) in [6.45, 7) is 2.73.